The number of para-hydroxylation sites is 7. The molecule has 4 heterocycles. The molecule has 0 radical (unpaired) electrons. The zero-order valence-corrected chi connectivity index (χ0v) is 66.3. The number of thiophene rings is 1. The third-order valence-corrected chi connectivity index (χ3v) is 25.4. The first kappa shape index (κ1) is 69.9. The van der Waals surface area contributed by atoms with Crippen LogP contribution >= 0.6 is 11.3 Å². The highest BCUT2D eigenvalue weighted by atomic mass is 32.1. The number of hydrogen-bond donors (Lipinski definition) is 0. The molecule has 0 N–H and O–H groups in total. The van der Waals surface area contributed by atoms with E-state index in [1.54, 1.807) is 0 Å². The van der Waals surface area contributed by atoms with E-state index in [-0.39, 0.29) is 0 Å². The first-order valence-electron chi connectivity index (χ1n) is 41.1. The Labute approximate surface area is 699 Å². The van der Waals surface area contributed by atoms with Crippen LogP contribution in [-0.4, -0.2) is 13.7 Å². The van der Waals surface area contributed by atoms with Gasteiger partial charge < -0.3 is 23.5 Å². The van der Waals surface area contributed by atoms with Crippen molar-refractivity contribution in [1.29, 1.82) is 0 Å². The lowest BCUT2D eigenvalue weighted by molar-refractivity contribution is 1.14. The largest absolute Gasteiger partial charge is 0.310 e. The van der Waals surface area contributed by atoms with Crippen LogP contribution in [0.3, 0.4) is 0 Å². The normalized spacial score (nSPS) is 11.7. The van der Waals surface area contributed by atoms with Gasteiger partial charge in [0, 0.05) is 97.6 Å². The van der Waals surface area contributed by atoms with Crippen LogP contribution in [0.4, 0.5) is 34.1 Å². The van der Waals surface area contributed by atoms with Gasteiger partial charge in [0.05, 0.1) is 55.8 Å². The summed E-state index contributed by atoms with van der Waals surface area (Å²) in [4.78, 5) is 5.12. The van der Waals surface area contributed by atoms with Gasteiger partial charge in [0.15, 0.2) is 0 Å². The average Bonchev–Trinajstić information content (AvgIpc) is 1.47. The van der Waals surface area contributed by atoms with E-state index in [1.165, 1.54) is 80.7 Å². The molecule has 19 aromatic carbocycles. The Hall–Kier alpha value is -15.6. The Morgan fingerprint density at radius 3 is 0.950 bits per heavy atom. The predicted octanol–water partition coefficient (Wildman–Crippen LogP) is 32.0. The zero-order chi connectivity index (χ0) is 79.1. The van der Waals surface area contributed by atoms with Gasteiger partial charge in [0.1, 0.15) is 0 Å². The fourth-order valence-electron chi connectivity index (χ4n) is 18.9. The van der Waals surface area contributed by atoms with Crippen LogP contribution in [0.25, 0.3) is 181 Å². The molecule has 23 aromatic rings. The average molecular weight is 1550 g/mol. The number of hydrogen-bond acceptors (Lipinski definition) is 3. The summed E-state index contributed by atoms with van der Waals surface area (Å²) in [7, 11) is 0. The van der Waals surface area contributed by atoms with Crippen LogP contribution in [0.15, 0.2) is 455 Å². The molecule has 562 valence electrons. The standard InChI is InChI=1S/C114H75N5S/c1-6-33-76(34-7-1)88-43-16-18-45-90(88)80-61-65-108-98(71-80)99-74-84(63-66-109(99)117(108)83-41-14-5-15-42-83)115(102-53-26-20-47-92(102)78-37-10-3-11-38-78)86-69-82(114-110(118-104-55-28-22-49-94(104)95-50-23-29-56-105(95)118)59-32-60-111(114)119-106-57-30-24-51-96(106)97-52-25-31-58-107(97)119)70-87(73-86)116(103-54-27-21-48-93(103)79-39-12-4-13-40-79)85-64-68-113-101(75-85)100-72-81(62-67-112(100)120-113)91-46-19-17-44-89(91)77-35-8-2-9-36-77/h1-75H. The molecule has 0 aliphatic rings. The van der Waals surface area contributed by atoms with E-state index in [2.05, 4.69) is 478 Å². The molecule has 5 nitrogen and oxygen atoms in total. The summed E-state index contributed by atoms with van der Waals surface area (Å²) in [6.45, 7) is 0. The van der Waals surface area contributed by atoms with Crippen LogP contribution in [0, 0.1) is 0 Å². The molecule has 0 bridgehead atoms. The molecule has 0 fully saturated rings. The van der Waals surface area contributed by atoms with Gasteiger partial charge in [-0.05, 0) is 201 Å². The smallest absolute Gasteiger partial charge is 0.0561 e. The second kappa shape index (κ2) is 29.3. The Morgan fingerprint density at radius 1 is 0.175 bits per heavy atom. The lowest BCUT2D eigenvalue weighted by Crippen LogP contribution is -2.15. The molecule has 23 rings (SSSR count). The van der Waals surface area contributed by atoms with Gasteiger partial charge in [-0.15, -0.1) is 11.3 Å². The highest BCUT2D eigenvalue weighted by molar-refractivity contribution is 7.25. The fourth-order valence-corrected chi connectivity index (χ4v) is 20.0. The van der Waals surface area contributed by atoms with Crippen LogP contribution in [0.1, 0.15) is 0 Å². The lowest BCUT2D eigenvalue weighted by atomic mass is 9.93. The zero-order valence-electron chi connectivity index (χ0n) is 65.4. The third-order valence-electron chi connectivity index (χ3n) is 24.2. The van der Waals surface area contributed by atoms with Gasteiger partial charge in [0.2, 0.25) is 0 Å². The minimum absolute atomic E-state index is 0.950. The molecule has 120 heavy (non-hydrogen) atoms. The number of fused-ring (bicyclic) bond motifs is 12. The van der Waals surface area contributed by atoms with Crippen LogP contribution in [0.2, 0.25) is 0 Å². The molecule has 0 saturated heterocycles. The lowest BCUT2D eigenvalue weighted by Gasteiger charge is -2.33. The number of benzene rings is 19. The molecule has 0 atom stereocenters. The number of rotatable bonds is 16. The first-order valence-corrected chi connectivity index (χ1v) is 41.9. The minimum Gasteiger partial charge on any atom is -0.310 e. The SMILES string of the molecule is c1ccc(-c2ccccc2-c2ccc3sc4ccc(N(c5cc(-c6c(-n7c8ccccc8c8ccccc87)cccc6-n6c7ccccc7c7ccccc76)cc(N(c6ccc7c(c6)c6cc(-c8ccccc8-c8ccccc8)ccc6n7-c6ccccc6)c6ccccc6-c6ccccc6)c5)c5ccccc5-c5ccccc5)cc4c3c2)cc1. The maximum atomic E-state index is 2.56. The Morgan fingerprint density at radius 2 is 0.492 bits per heavy atom. The number of nitrogens with zero attached hydrogens (tertiary/aromatic N) is 5. The predicted molar refractivity (Wildman–Crippen MR) is 510 cm³/mol. The minimum atomic E-state index is 0.950. The number of anilines is 6. The fraction of sp³-hybridized carbons (Fsp3) is 0. The monoisotopic (exact) mass is 1550 g/mol. The molecule has 0 spiro atoms. The highest BCUT2D eigenvalue weighted by Gasteiger charge is 2.29. The van der Waals surface area contributed by atoms with Crippen molar-refractivity contribution >= 4 is 131 Å². The van der Waals surface area contributed by atoms with Gasteiger partial charge >= 0.3 is 0 Å². The quantitative estimate of drug-likeness (QED) is 0.0961. The molecule has 0 saturated carbocycles. The Balaban J connectivity index is 0.856. The summed E-state index contributed by atoms with van der Waals surface area (Å²) in [6.07, 6.45) is 0. The molecule has 0 unspecified atom stereocenters. The molecule has 6 heteroatoms. The van der Waals surface area contributed by atoms with E-state index < -0.39 is 0 Å². The molecular weight excluding hydrogens is 1470 g/mol. The molecule has 0 aliphatic heterocycles. The Bertz CT molecular complexity index is 7670. The van der Waals surface area contributed by atoms with E-state index in [1.807, 2.05) is 11.3 Å². The second-order valence-corrected chi connectivity index (χ2v) is 32.1. The van der Waals surface area contributed by atoms with Crippen LogP contribution in [-0.2, 0) is 0 Å². The Kier molecular flexibility index (Phi) is 17.1. The van der Waals surface area contributed by atoms with Crippen molar-refractivity contribution < 1.29 is 0 Å². The van der Waals surface area contributed by atoms with Crippen LogP contribution < -0.4 is 9.80 Å². The molecular formula is C114H75N5S. The van der Waals surface area contributed by atoms with Crippen molar-refractivity contribution in [3.63, 3.8) is 0 Å². The molecule has 0 amide bonds. The topological polar surface area (TPSA) is 21.3 Å². The first-order chi connectivity index (χ1) is 59.6. The van der Waals surface area contributed by atoms with Crippen molar-refractivity contribution in [3.05, 3.63) is 455 Å². The van der Waals surface area contributed by atoms with Gasteiger partial charge in [0.25, 0.3) is 0 Å². The van der Waals surface area contributed by atoms with Crippen molar-refractivity contribution in [2.24, 2.45) is 0 Å². The van der Waals surface area contributed by atoms with Crippen molar-refractivity contribution in [1.82, 2.24) is 13.7 Å². The summed E-state index contributed by atoms with van der Waals surface area (Å²) in [6, 6.07) is 169. The van der Waals surface area contributed by atoms with E-state index in [0.29, 0.717) is 0 Å². The highest BCUT2D eigenvalue weighted by Crippen LogP contribution is 2.53. The molecule has 0 aliphatic carbocycles. The number of aromatic nitrogens is 3. The molecule has 4 aromatic heterocycles. The van der Waals surface area contributed by atoms with Crippen LogP contribution in [0.5, 0.6) is 0 Å². The maximum Gasteiger partial charge on any atom is 0.0561 e. The summed E-state index contributed by atoms with van der Waals surface area (Å²) in [5.74, 6) is 0. The third kappa shape index (κ3) is 11.8. The summed E-state index contributed by atoms with van der Waals surface area (Å²) >= 11 is 1.85. The second-order valence-electron chi connectivity index (χ2n) is 31.0. The summed E-state index contributed by atoms with van der Waals surface area (Å²) in [5.41, 5.74) is 31.7. The van der Waals surface area contributed by atoms with Crippen molar-refractivity contribution in [2.45, 2.75) is 0 Å². The van der Waals surface area contributed by atoms with Gasteiger partial charge in [-0.1, -0.05) is 315 Å². The van der Waals surface area contributed by atoms with Gasteiger partial charge in [-0.25, -0.2) is 0 Å². The van der Waals surface area contributed by atoms with Crippen molar-refractivity contribution in [3.8, 4) is 95.0 Å². The van der Waals surface area contributed by atoms with E-state index >= 15 is 0 Å². The van der Waals surface area contributed by atoms with E-state index in [0.717, 1.165) is 134 Å². The summed E-state index contributed by atoms with van der Waals surface area (Å²) < 4.78 is 9.95. The van der Waals surface area contributed by atoms with Gasteiger partial charge in [-0.2, -0.15) is 0 Å². The van der Waals surface area contributed by atoms with Gasteiger partial charge in [-0.3, -0.25) is 0 Å². The van der Waals surface area contributed by atoms with E-state index in [9.17, 15) is 0 Å². The van der Waals surface area contributed by atoms with Crippen molar-refractivity contribution in [2.75, 3.05) is 9.80 Å². The van der Waals surface area contributed by atoms with E-state index in [4.69, 9.17) is 0 Å². The maximum absolute atomic E-state index is 2.56. The summed E-state index contributed by atoms with van der Waals surface area (Å²) in [5, 5.41) is 9.39.